The SMILES string of the molecule is Cl.Cl.Fc1cc([C@H](N2CCNCC2)C(F)(F)F)ccc1Cl. The van der Waals surface area contributed by atoms with Crippen molar-refractivity contribution in [3.63, 3.8) is 0 Å². The highest BCUT2D eigenvalue weighted by atomic mass is 35.5. The van der Waals surface area contributed by atoms with Crippen molar-refractivity contribution in [1.29, 1.82) is 0 Å². The predicted molar refractivity (Wildman–Crippen MR) is 79.1 cm³/mol. The molecule has 122 valence electrons. The van der Waals surface area contributed by atoms with Crippen LogP contribution in [0.5, 0.6) is 0 Å². The van der Waals surface area contributed by atoms with Gasteiger partial charge in [-0.25, -0.2) is 4.39 Å². The third-order valence-corrected chi connectivity index (χ3v) is 3.39. The number of nitrogens with zero attached hydrogens (tertiary/aromatic N) is 1. The molecular weight excluding hydrogens is 354 g/mol. The third kappa shape index (κ3) is 5.14. The van der Waals surface area contributed by atoms with Crippen LogP contribution < -0.4 is 5.32 Å². The van der Waals surface area contributed by atoms with Gasteiger partial charge in [-0.1, -0.05) is 17.7 Å². The lowest BCUT2D eigenvalue weighted by Gasteiger charge is -2.36. The summed E-state index contributed by atoms with van der Waals surface area (Å²) in [6, 6.07) is 1.46. The smallest absolute Gasteiger partial charge is 0.314 e. The second kappa shape index (κ2) is 8.39. The Morgan fingerprint density at radius 2 is 1.71 bits per heavy atom. The van der Waals surface area contributed by atoms with Crippen molar-refractivity contribution in [2.75, 3.05) is 26.2 Å². The first-order chi connectivity index (χ1) is 8.89. The summed E-state index contributed by atoms with van der Waals surface area (Å²) in [5, 5.41) is 2.81. The van der Waals surface area contributed by atoms with E-state index < -0.39 is 18.0 Å². The van der Waals surface area contributed by atoms with Crippen LogP contribution in [0.15, 0.2) is 18.2 Å². The minimum absolute atomic E-state index is 0. The van der Waals surface area contributed by atoms with Gasteiger partial charge < -0.3 is 5.32 Å². The van der Waals surface area contributed by atoms with Gasteiger partial charge in [0, 0.05) is 26.2 Å². The molecule has 2 rings (SSSR count). The molecule has 1 aliphatic heterocycles. The Balaban J connectivity index is 0.00000200. The molecule has 2 nitrogen and oxygen atoms in total. The fourth-order valence-electron chi connectivity index (χ4n) is 2.23. The largest absolute Gasteiger partial charge is 0.408 e. The van der Waals surface area contributed by atoms with Crippen molar-refractivity contribution in [3.8, 4) is 0 Å². The average molecular weight is 370 g/mol. The lowest BCUT2D eigenvalue weighted by molar-refractivity contribution is -0.187. The van der Waals surface area contributed by atoms with E-state index in [9.17, 15) is 17.6 Å². The minimum atomic E-state index is -4.45. The van der Waals surface area contributed by atoms with Gasteiger partial charge in [-0.05, 0) is 17.7 Å². The van der Waals surface area contributed by atoms with Crippen molar-refractivity contribution in [3.05, 3.63) is 34.6 Å². The maximum absolute atomic E-state index is 13.4. The molecule has 1 atom stereocenters. The van der Waals surface area contributed by atoms with Crippen molar-refractivity contribution in [2.24, 2.45) is 0 Å². The van der Waals surface area contributed by atoms with E-state index in [1.54, 1.807) is 0 Å². The highest BCUT2D eigenvalue weighted by molar-refractivity contribution is 6.30. The van der Waals surface area contributed by atoms with Crippen LogP contribution in [0, 0.1) is 5.82 Å². The topological polar surface area (TPSA) is 15.3 Å². The van der Waals surface area contributed by atoms with Crippen LogP contribution in [-0.4, -0.2) is 37.3 Å². The van der Waals surface area contributed by atoms with Crippen molar-refractivity contribution < 1.29 is 17.6 Å². The van der Waals surface area contributed by atoms with Gasteiger partial charge in [0.25, 0.3) is 0 Å². The summed E-state index contributed by atoms with van der Waals surface area (Å²) in [6.45, 7) is 1.52. The number of hydrogen-bond acceptors (Lipinski definition) is 2. The van der Waals surface area contributed by atoms with Gasteiger partial charge >= 0.3 is 6.18 Å². The number of hydrogen-bond donors (Lipinski definition) is 1. The van der Waals surface area contributed by atoms with Crippen LogP contribution in [-0.2, 0) is 0 Å². The van der Waals surface area contributed by atoms with Gasteiger partial charge in [0.2, 0.25) is 0 Å². The first-order valence-electron chi connectivity index (χ1n) is 5.86. The van der Waals surface area contributed by atoms with E-state index in [1.165, 1.54) is 11.0 Å². The van der Waals surface area contributed by atoms with Gasteiger partial charge in [0.15, 0.2) is 0 Å². The van der Waals surface area contributed by atoms with Gasteiger partial charge in [-0.2, -0.15) is 13.2 Å². The Hall–Kier alpha value is -0.270. The highest BCUT2D eigenvalue weighted by Gasteiger charge is 2.45. The Kier molecular flexibility index (Phi) is 8.28. The zero-order chi connectivity index (χ0) is 14.0. The van der Waals surface area contributed by atoms with E-state index >= 15 is 0 Å². The average Bonchev–Trinajstić information content (AvgIpc) is 2.34. The van der Waals surface area contributed by atoms with Crippen molar-refractivity contribution >= 4 is 36.4 Å². The van der Waals surface area contributed by atoms with E-state index in [1.807, 2.05) is 0 Å². The molecule has 21 heavy (non-hydrogen) atoms. The standard InChI is InChI=1S/C12H13ClF4N2.2ClH/c13-9-2-1-8(7-10(9)14)11(12(15,16)17)19-5-3-18-4-6-19;;/h1-2,7,11,18H,3-6H2;2*1H/t11-;;/m0../s1. The second-order valence-electron chi connectivity index (χ2n) is 4.40. The molecule has 0 aliphatic carbocycles. The summed E-state index contributed by atoms with van der Waals surface area (Å²) >= 11 is 5.51. The molecule has 0 aromatic heterocycles. The second-order valence-corrected chi connectivity index (χ2v) is 4.81. The van der Waals surface area contributed by atoms with Crippen molar-refractivity contribution in [2.45, 2.75) is 12.2 Å². The van der Waals surface area contributed by atoms with Gasteiger partial charge in [0.05, 0.1) is 5.02 Å². The summed E-state index contributed by atoms with van der Waals surface area (Å²) in [6.07, 6.45) is -4.45. The molecule has 0 saturated carbocycles. The Morgan fingerprint density at radius 1 is 1.14 bits per heavy atom. The molecule has 0 amide bonds. The predicted octanol–water partition coefficient (Wildman–Crippen LogP) is 3.83. The van der Waals surface area contributed by atoms with Crippen molar-refractivity contribution in [1.82, 2.24) is 10.2 Å². The lowest BCUT2D eigenvalue weighted by Crippen LogP contribution is -2.49. The van der Waals surface area contributed by atoms with E-state index in [4.69, 9.17) is 11.6 Å². The lowest BCUT2D eigenvalue weighted by atomic mass is 10.0. The monoisotopic (exact) mass is 368 g/mol. The normalized spacial score (nSPS) is 17.6. The van der Waals surface area contributed by atoms with Gasteiger partial charge in [-0.3, -0.25) is 4.90 Å². The fraction of sp³-hybridized carbons (Fsp3) is 0.500. The fourth-order valence-corrected chi connectivity index (χ4v) is 2.35. The summed E-state index contributed by atoms with van der Waals surface area (Å²) < 4.78 is 53.0. The summed E-state index contributed by atoms with van der Waals surface area (Å²) in [4.78, 5) is 1.30. The zero-order valence-electron chi connectivity index (χ0n) is 10.8. The maximum Gasteiger partial charge on any atom is 0.408 e. The third-order valence-electron chi connectivity index (χ3n) is 3.09. The molecule has 1 heterocycles. The number of halogens is 7. The first-order valence-corrected chi connectivity index (χ1v) is 6.24. The molecule has 9 heteroatoms. The minimum Gasteiger partial charge on any atom is -0.314 e. The molecular formula is C12H15Cl3F4N2. The van der Waals surface area contributed by atoms with E-state index in [2.05, 4.69) is 5.32 Å². The molecule has 1 saturated heterocycles. The van der Waals surface area contributed by atoms with Crippen LogP contribution in [0.1, 0.15) is 11.6 Å². The molecule has 0 radical (unpaired) electrons. The molecule has 1 aliphatic rings. The highest BCUT2D eigenvalue weighted by Crippen LogP contribution is 2.38. The van der Waals surface area contributed by atoms with E-state index in [-0.39, 0.29) is 48.5 Å². The molecule has 1 aromatic carbocycles. The molecule has 1 aromatic rings. The number of nitrogens with one attached hydrogen (secondary N) is 1. The number of piperazine rings is 1. The Morgan fingerprint density at radius 3 is 2.19 bits per heavy atom. The van der Waals surface area contributed by atoms with E-state index in [0.29, 0.717) is 13.1 Å². The van der Waals surface area contributed by atoms with E-state index in [0.717, 1.165) is 12.1 Å². The molecule has 0 unspecified atom stereocenters. The van der Waals surface area contributed by atoms with Crippen LogP contribution in [0.3, 0.4) is 0 Å². The summed E-state index contributed by atoms with van der Waals surface area (Å²) in [5.74, 6) is -0.830. The molecule has 1 N–H and O–H groups in total. The van der Waals surface area contributed by atoms with Gasteiger partial charge in [0.1, 0.15) is 11.9 Å². The Labute approximate surface area is 137 Å². The summed E-state index contributed by atoms with van der Waals surface area (Å²) in [5.41, 5.74) is -0.115. The van der Waals surface area contributed by atoms with Crippen LogP contribution in [0.4, 0.5) is 17.6 Å². The number of alkyl halides is 3. The number of benzene rings is 1. The van der Waals surface area contributed by atoms with Crippen LogP contribution in [0.25, 0.3) is 0 Å². The summed E-state index contributed by atoms with van der Waals surface area (Å²) in [7, 11) is 0. The quantitative estimate of drug-likeness (QED) is 0.797. The Bertz CT molecular complexity index is 451. The molecule has 1 fully saturated rings. The number of rotatable bonds is 2. The van der Waals surface area contributed by atoms with Gasteiger partial charge in [-0.15, -0.1) is 24.8 Å². The zero-order valence-corrected chi connectivity index (χ0v) is 13.2. The maximum atomic E-state index is 13.4. The van der Waals surface area contributed by atoms with Crippen LogP contribution in [0.2, 0.25) is 5.02 Å². The molecule has 0 bridgehead atoms. The first kappa shape index (κ1) is 20.7. The molecule has 0 spiro atoms. The van der Waals surface area contributed by atoms with Crippen LogP contribution >= 0.6 is 36.4 Å².